The topological polar surface area (TPSA) is 97.4 Å². The van der Waals surface area contributed by atoms with Crippen LogP contribution in [0, 0.1) is 23.2 Å². The van der Waals surface area contributed by atoms with Crippen LogP contribution in [-0.4, -0.2) is 35.1 Å². The molecule has 2 aromatic rings. The van der Waals surface area contributed by atoms with E-state index >= 15 is 0 Å². The molecule has 0 saturated heterocycles. The number of carbonyl (C=O) groups excluding carboxylic acids is 5. The van der Waals surface area contributed by atoms with E-state index in [2.05, 4.69) is 5.32 Å². The normalized spacial score (nSPS) is 14.1. The summed E-state index contributed by atoms with van der Waals surface area (Å²) in [7, 11) is 0. The van der Waals surface area contributed by atoms with Crippen molar-refractivity contribution in [2.24, 2.45) is 23.2 Å². The van der Waals surface area contributed by atoms with Crippen LogP contribution in [0.1, 0.15) is 82.3 Å². The number of ketones is 4. The minimum absolute atomic E-state index is 0.0409. The molecule has 0 aliphatic carbocycles. The SMILES string of the molecule is CC(C)[C@H](CC(=O)[C@H](C)NC(=O)[C@@H](CC(=O)c1ccccc1)C(C)(C)C)C(=O)C(=O)CCc1ccc(C(F)(F)F)cc1. The first-order chi connectivity index (χ1) is 19.4. The average molecular weight is 588 g/mol. The molecular weight excluding hydrogens is 547 g/mol. The van der Waals surface area contributed by atoms with Gasteiger partial charge in [0.25, 0.3) is 0 Å². The van der Waals surface area contributed by atoms with Crippen LogP contribution in [-0.2, 0) is 31.8 Å². The van der Waals surface area contributed by atoms with Gasteiger partial charge in [-0.05, 0) is 42.4 Å². The Morgan fingerprint density at radius 1 is 0.810 bits per heavy atom. The van der Waals surface area contributed by atoms with E-state index in [4.69, 9.17) is 0 Å². The molecule has 0 saturated carbocycles. The standard InChI is InChI=1S/C33H40F3NO5/c1-20(2)25(30(41)27(38)17-14-22-12-15-24(16-13-22)33(34,35)36)18-28(39)21(3)37-31(42)26(32(4,5)6)19-29(40)23-10-8-7-9-11-23/h7-13,15-16,20-21,25-26H,14,17-19H2,1-6H3,(H,37,42)/t21-,25-,26+/m0/s1. The molecule has 0 aliphatic heterocycles. The first-order valence-electron chi connectivity index (χ1n) is 14.1. The molecule has 1 N–H and O–H groups in total. The van der Waals surface area contributed by atoms with Gasteiger partial charge in [-0.25, -0.2) is 0 Å². The number of hydrogen-bond acceptors (Lipinski definition) is 5. The Balaban J connectivity index is 2.02. The van der Waals surface area contributed by atoms with E-state index in [1.54, 1.807) is 44.2 Å². The Morgan fingerprint density at radius 2 is 1.38 bits per heavy atom. The van der Waals surface area contributed by atoms with Gasteiger partial charge < -0.3 is 5.32 Å². The van der Waals surface area contributed by atoms with E-state index in [-0.39, 0.29) is 37.4 Å². The maximum atomic E-state index is 13.2. The summed E-state index contributed by atoms with van der Waals surface area (Å²) in [6, 6.07) is 12.1. The third kappa shape index (κ3) is 10.0. The van der Waals surface area contributed by atoms with Crippen molar-refractivity contribution in [2.75, 3.05) is 0 Å². The van der Waals surface area contributed by atoms with Crippen molar-refractivity contribution in [2.45, 2.75) is 79.4 Å². The Bertz CT molecular complexity index is 1260. The quantitative estimate of drug-likeness (QED) is 0.202. The number of amides is 1. The van der Waals surface area contributed by atoms with Crippen molar-refractivity contribution in [3.63, 3.8) is 0 Å². The highest BCUT2D eigenvalue weighted by Gasteiger charge is 2.36. The summed E-state index contributed by atoms with van der Waals surface area (Å²) < 4.78 is 38.3. The molecule has 0 aromatic heterocycles. The number of nitrogens with one attached hydrogen (secondary N) is 1. The maximum absolute atomic E-state index is 13.2. The molecule has 0 heterocycles. The summed E-state index contributed by atoms with van der Waals surface area (Å²) in [4.78, 5) is 64.8. The van der Waals surface area contributed by atoms with Gasteiger partial charge in [-0.1, -0.05) is 77.1 Å². The first-order valence-corrected chi connectivity index (χ1v) is 14.1. The van der Waals surface area contributed by atoms with Gasteiger partial charge in [0.05, 0.1) is 17.5 Å². The van der Waals surface area contributed by atoms with Crippen molar-refractivity contribution in [1.82, 2.24) is 5.32 Å². The maximum Gasteiger partial charge on any atom is 0.416 e. The first kappa shape index (κ1) is 34.6. The highest BCUT2D eigenvalue weighted by Crippen LogP contribution is 2.31. The van der Waals surface area contributed by atoms with E-state index in [0.29, 0.717) is 11.1 Å². The minimum Gasteiger partial charge on any atom is -0.346 e. The number of halogens is 3. The smallest absolute Gasteiger partial charge is 0.346 e. The number of alkyl halides is 3. The Hall–Kier alpha value is -3.62. The predicted molar refractivity (Wildman–Crippen MR) is 154 cm³/mol. The monoisotopic (exact) mass is 587 g/mol. The molecule has 2 rings (SSSR count). The Kier molecular flexibility index (Phi) is 12.0. The van der Waals surface area contributed by atoms with Gasteiger partial charge in [-0.2, -0.15) is 13.2 Å². The second-order valence-corrected chi connectivity index (χ2v) is 12.1. The van der Waals surface area contributed by atoms with Gasteiger partial charge in [0, 0.05) is 30.7 Å². The third-order valence-electron chi connectivity index (χ3n) is 7.45. The zero-order valence-electron chi connectivity index (χ0n) is 25.0. The molecule has 0 radical (unpaired) electrons. The average Bonchev–Trinajstić information content (AvgIpc) is 2.91. The lowest BCUT2D eigenvalue weighted by Gasteiger charge is -2.30. The minimum atomic E-state index is -4.47. The van der Waals surface area contributed by atoms with E-state index in [1.165, 1.54) is 19.1 Å². The van der Waals surface area contributed by atoms with Crippen molar-refractivity contribution in [3.8, 4) is 0 Å². The zero-order chi connectivity index (χ0) is 31.8. The fourth-order valence-corrected chi connectivity index (χ4v) is 4.59. The van der Waals surface area contributed by atoms with Crippen LogP contribution in [0.25, 0.3) is 0 Å². The zero-order valence-corrected chi connectivity index (χ0v) is 25.0. The molecule has 0 spiro atoms. The van der Waals surface area contributed by atoms with Gasteiger partial charge >= 0.3 is 6.18 Å². The van der Waals surface area contributed by atoms with Crippen LogP contribution in [0.15, 0.2) is 54.6 Å². The van der Waals surface area contributed by atoms with Crippen molar-refractivity contribution in [1.29, 1.82) is 0 Å². The number of carbonyl (C=O) groups is 5. The molecule has 42 heavy (non-hydrogen) atoms. The molecule has 2 aromatic carbocycles. The summed E-state index contributed by atoms with van der Waals surface area (Å²) in [5.41, 5.74) is -0.403. The molecule has 0 bridgehead atoms. The molecule has 1 amide bonds. The number of benzene rings is 2. The summed E-state index contributed by atoms with van der Waals surface area (Å²) in [5, 5.41) is 2.70. The van der Waals surface area contributed by atoms with Crippen LogP contribution in [0.5, 0.6) is 0 Å². The lowest BCUT2D eigenvalue weighted by Crippen LogP contribution is -2.46. The summed E-state index contributed by atoms with van der Waals surface area (Å²) in [6.07, 6.45) is -4.88. The molecule has 228 valence electrons. The summed E-state index contributed by atoms with van der Waals surface area (Å²) >= 11 is 0. The van der Waals surface area contributed by atoms with Gasteiger partial charge in [-0.3, -0.25) is 24.0 Å². The van der Waals surface area contributed by atoms with Crippen LogP contribution in [0.2, 0.25) is 0 Å². The Labute approximate surface area is 245 Å². The van der Waals surface area contributed by atoms with E-state index in [1.807, 2.05) is 20.8 Å². The Morgan fingerprint density at radius 3 is 1.88 bits per heavy atom. The number of rotatable bonds is 14. The predicted octanol–water partition coefficient (Wildman–Crippen LogP) is 6.45. The van der Waals surface area contributed by atoms with E-state index < -0.39 is 58.3 Å². The fraction of sp³-hybridized carbons (Fsp3) is 0.485. The highest BCUT2D eigenvalue weighted by atomic mass is 19.4. The molecule has 9 heteroatoms. The third-order valence-corrected chi connectivity index (χ3v) is 7.45. The molecule has 0 fully saturated rings. The summed E-state index contributed by atoms with van der Waals surface area (Å²) in [5.74, 6) is -4.45. The van der Waals surface area contributed by atoms with Crippen LogP contribution in [0.3, 0.4) is 0 Å². The molecule has 3 atom stereocenters. The van der Waals surface area contributed by atoms with Crippen LogP contribution in [0.4, 0.5) is 13.2 Å². The molecule has 6 nitrogen and oxygen atoms in total. The number of Topliss-reactive ketones (excluding diaryl/α,β-unsaturated/α-hetero) is 4. The van der Waals surface area contributed by atoms with Crippen molar-refractivity contribution >= 4 is 29.0 Å². The van der Waals surface area contributed by atoms with Gasteiger partial charge in [-0.15, -0.1) is 0 Å². The van der Waals surface area contributed by atoms with Crippen LogP contribution < -0.4 is 5.32 Å². The highest BCUT2D eigenvalue weighted by molar-refractivity contribution is 6.38. The molecular formula is C33H40F3NO5. The lowest BCUT2D eigenvalue weighted by molar-refractivity contribution is -0.141. The molecule has 0 aliphatic rings. The fourth-order valence-electron chi connectivity index (χ4n) is 4.59. The van der Waals surface area contributed by atoms with E-state index in [0.717, 1.165) is 12.1 Å². The van der Waals surface area contributed by atoms with Crippen LogP contribution >= 0.6 is 0 Å². The number of hydrogen-bond donors (Lipinski definition) is 1. The largest absolute Gasteiger partial charge is 0.416 e. The summed E-state index contributed by atoms with van der Waals surface area (Å²) in [6.45, 7) is 10.5. The second kappa shape index (κ2) is 14.5. The second-order valence-electron chi connectivity index (χ2n) is 12.1. The van der Waals surface area contributed by atoms with Gasteiger partial charge in [0.1, 0.15) is 0 Å². The van der Waals surface area contributed by atoms with Crippen molar-refractivity contribution in [3.05, 3.63) is 71.3 Å². The van der Waals surface area contributed by atoms with Gasteiger partial charge in [0.2, 0.25) is 11.7 Å². The molecule has 0 unspecified atom stereocenters. The number of aryl methyl sites for hydroxylation is 1. The lowest BCUT2D eigenvalue weighted by atomic mass is 9.76. The van der Waals surface area contributed by atoms with Gasteiger partial charge in [0.15, 0.2) is 17.3 Å². The van der Waals surface area contributed by atoms with E-state index in [9.17, 15) is 37.1 Å². The van der Waals surface area contributed by atoms with Crippen molar-refractivity contribution < 1.29 is 37.1 Å².